The largest absolute Gasteiger partial charge is 0.496 e. The van der Waals surface area contributed by atoms with Gasteiger partial charge in [-0.1, -0.05) is 36.7 Å². The number of ether oxygens (including phenoxy) is 1. The highest BCUT2D eigenvalue weighted by Gasteiger charge is 2.20. The Morgan fingerprint density at radius 3 is 2.58 bits per heavy atom. The zero-order valence-electron chi connectivity index (χ0n) is 12.4. The zero-order valence-corrected chi connectivity index (χ0v) is 14.0. The second-order valence-electron chi connectivity index (χ2n) is 5.63. The van der Waals surface area contributed by atoms with E-state index < -0.39 is 0 Å². The Balaban J connectivity index is 2.83. The SMILES string of the molecule is CCN(Cc1cc(Br)ccc1OC)CC(C)(C)CN. The monoisotopic (exact) mass is 328 g/mol. The van der Waals surface area contributed by atoms with E-state index in [1.54, 1.807) is 7.11 Å². The average Bonchev–Trinajstić information content (AvgIpc) is 2.38. The number of methoxy groups -OCH3 is 1. The Morgan fingerprint density at radius 1 is 1.37 bits per heavy atom. The van der Waals surface area contributed by atoms with E-state index >= 15 is 0 Å². The molecular formula is C15H25BrN2O. The Bertz CT molecular complexity index is 407. The lowest BCUT2D eigenvalue weighted by molar-refractivity contribution is 0.182. The summed E-state index contributed by atoms with van der Waals surface area (Å²) in [4.78, 5) is 2.40. The molecule has 4 heteroatoms. The molecule has 0 radical (unpaired) electrons. The molecule has 0 atom stereocenters. The van der Waals surface area contributed by atoms with Crippen molar-refractivity contribution in [3.05, 3.63) is 28.2 Å². The van der Waals surface area contributed by atoms with Crippen molar-refractivity contribution in [2.24, 2.45) is 11.1 Å². The van der Waals surface area contributed by atoms with Crippen molar-refractivity contribution < 1.29 is 4.74 Å². The molecule has 0 saturated heterocycles. The molecule has 2 N–H and O–H groups in total. The standard InChI is InChI=1S/C15H25BrN2O/c1-5-18(11-15(2,3)10-17)9-12-8-13(16)6-7-14(12)19-4/h6-8H,5,9-11,17H2,1-4H3. The van der Waals surface area contributed by atoms with E-state index in [2.05, 4.69) is 47.7 Å². The Labute approximate surface area is 125 Å². The van der Waals surface area contributed by atoms with E-state index in [1.807, 2.05) is 12.1 Å². The van der Waals surface area contributed by atoms with Crippen LogP contribution in [-0.4, -0.2) is 31.6 Å². The molecule has 0 aliphatic carbocycles. The lowest BCUT2D eigenvalue weighted by Crippen LogP contribution is -2.38. The molecule has 1 rings (SSSR count). The van der Waals surface area contributed by atoms with Crippen molar-refractivity contribution in [1.82, 2.24) is 4.90 Å². The van der Waals surface area contributed by atoms with Crippen LogP contribution < -0.4 is 10.5 Å². The van der Waals surface area contributed by atoms with Crippen molar-refractivity contribution in [3.8, 4) is 5.75 Å². The molecule has 0 amide bonds. The molecule has 0 spiro atoms. The number of nitrogens with zero attached hydrogens (tertiary/aromatic N) is 1. The molecule has 0 bridgehead atoms. The van der Waals surface area contributed by atoms with Gasteiger partial charge < -0.3 is 10.5 Å². The number of halogens is 1. The summed E-state index contributed by atoms with van der Waals surface area (Å²) >= 11 is 3.52. The van der Waals surface area contributed by atoms with Crippen LogP contribution in [0.5, 0.6) is 5.75 Å². The van der Waals surface area contributed by atoms with Crippen LogP contribution in [0.1, 0.15) is 26.3 Å². The van der Waals surface area contributed by atoms with Gasteiger partial charge in [-0.3, -0.25) is 4.90 Å². The van der Waals surface area contributed by atoms with Gasteiger partial charge in [-0.15, -0.1) is 0 Å². The van der Waals surface area contributed by atoms with Crippen molar-refractivity contribution >= 4 is 15.9 Å². The van der Waals surface area contributed by atoms with Crippen LogP contribution in [0.25, 0.3) is 0 Å². The topological polar surface area (TPSA) is 38.5 Å². The van der Waals surface area contributed by atoms with Gasteiger partial charge in [0.05, 0.1) is 7.11 Å². The molecule has 0 fully saturated rings. The smallest absolute Gasteiger partial charge is 0.123 e. The molecule has 0 heterocycles. The summed E-state index contributed by atoms with van der Waals surface area (Å²) in [6, 6.07) is 6.13. The van der Waals surface area contributed by atoms with Gasteiger partial charge in [0, 0.05) is 23.1 Å². The fraction of sp³-hybridized carbons (Fsp3) is 0.600. The minimum atomic E-state index is 0.134. The van der Waals surface area contributed by atoms with Crippen LogP contribution in [0.15, 0.2) is 22.7 Å². The number of hydrogen-bond donors (Lipinski definition) is 1. The van der Waals surface area contributed by atoms with Crippen LogP contribution in [0.2, 0.25) is 0 Å². The van der Waals surface area contributed by atoms with Gasteiger partial charge in [0.15, 0.2) is 0 Å². The fourth-order valence-corrected chi connectivity index (χ4v) is 2.47. The molecule has 0 unspecified atom stereocenters. The van der Waals surface area contributed by atoms with Gasteiger partial charge in [-0.2, -0.15) is 0 Å². The van der Waals surface area contributed by atoms with Crippen molar-refractivity contribution in [2.45, 2.75) is 27.3 Å². The second-order valence-corrected chi connectivity index (χ2v) is 6.54. The highest BCUT2D eigenvalue weighted by Crippen LogP contribution is 2.25. The van der Waals surface area contributed by atoms with Crippen LogP contribution in [0.4, 0.5) is 0 Å². The molecule has 3 nitrogen and oxygen atoms in total. The average molecular weight is 329 g/mol. The van der Waals surface area contributed by atoms with Crippen molar-refractivity contribution in [1.29, 1.82) is 0 Å². The van der Waals surface area contributed by atoms with E-state index in [0.717, 1.165) is 29.9 Å². The van der Waals surface area contributed by atoms with Gasteiger partial charge in [0.25, 0.3) is 0 Å². The fourth-order valence-electron chi connectivity index (χ4n) is 2.06. The number of benzene rings is 1. The Kier molecular flexibility index (Phi) is 6.30. The maximum Gasteiger partial charge on any atom is 0.123 e. The van der Waals surface area contributed by atoms with Crippen molar-refractivity contribution in [3.63, 3.8) is 0 Å². The van der Waals surface area contributed by atoms with Gasteiger partial charge in [0.2, 0.25) is 0 Å². The molecule has 0 saturated carbocycles. The lowest BCUT2D eigenvalue weighted by atomic mass is 9.93. The molecule has 0 aliphatic heterocycles. The van der Waals surface area contributed by atoms with E-state index in [4.69, 9.17) is 10.5 Å². The summed E-state index contributed by atoms with van der Waals surface area (Å²) in [5.74, 6) is 0.937. The molecule has 0 aliphatic rings. The number of rotatable bonds is 7. The van der Waals surface area contributed by atoms with Crippen LogP contribution in [0, 0.1) is 5.41 Å². The minimum absolute atomic E-state index is 0.134. The van der Waals surface area contributed by atoms with E-state index in [0.29, 0.717) is 6.54 Å². The molecule has 1 aromatic carbocycles. The normalized spacial score (nSPS) is 11.9. The first kappa shape index (κ1) is 16.5. The Hall–Kier alpha value is -0.580. The highest BCUT2D eigenvalue weighted by molar-refractivity contribution is 9.10. The van der Waals surface area contributed by atoms with Crippen LogP contribution in [0.3, 0.4) is 0 Å². The van der Waals surface area contributed by atoms with E-state index in [9.17, 15) is 0 Å². The van der Waals surface area contributed by atoms with Crippen molar-refractivity contribution in [2.75, 3.05) is 26.7 Å². The predicted molar refractivity (Wildman–Crippen MR) is 84.5 cm³/mol. The van der Waals surface area contributed by atoms with E-state index in [1.165, 1.54) is 5.56 Å². The molecule has 1 aromatic rings. The first-order valence-electron chi connectivity index (χ1n) is 6.66. The minimum Gasteiger partial charge on any atom is -0.496 e. The van der Waals surface area contributed by atoms with Crippen LogP contribution in [-0.2, 0) is 6.54 Å². The zero-order chi connectivity index (χ0) is 14.5. The maximum atomic E-state index is 5.82. The third kappa shape index (κ3) is 5.13. The summed E-state index contributed by atoms with van der Waals surface area (Å²) in [7, 11) is 1.72. The molecule has 0 aromatic heterocycles. The lowest BCUT2D eigenvalue weighted by Gasteiger charge is -2.31. The maximum absolute atomic E-state index is 5.82. The third-order valence-electron chi connectivity index (χ3n) is 3.29. The summed E-state index contributed by atoms with van der Waals surface area (Å²) < 4.78 is 6.51. The van der Waals surface area contributed by atoms with Gasteiger partial charge in [-0.25, -0.2) is 0 Å². The number of nitrogens with two attached hydrogens (primary N) is 1. The predicted octanol–water partition coefficient (Wildman–Crippen LogP) is 3.26. The van der Waals surface area contributed by atoms with Gasteiger partial charge in [-0.05, 0) is 36.7 Å². The second kappa shape index (κ2) is 7.27. The van der Waals surface area contributed by atoms with Crippen LogP contribution >= 0.6 is 15.9 Å². The molecular weight excluding hydrogens is 304 g/mol. The first-order chi connectivity index (χ1) is 8.91. The molecule has 19 heavy (non-hydrogen) atoms. The highest BCUT2D eigenvalue weighted by atomic mass is 79.9. The van der Waals surface area contributed by atoms with Gasteiger partial charge >= 0.3 is 0 Å². The summed E-state index contributed by atoms with van der Waals surface area (Å²) in [5, 5.41) is 0. The quantitative estimate of drug-likeness (QED) is 0.834. The van der Waals surface area contributed by atoms with Gasteiger partial charge in [0.1, 0.15) is 5.75 Å². The third-order valence-corrected chi connectivity index (χ3v) is 3.78. The van der Waals surface area contributed by atoms with E-state index in [-0.39, 0.29) is 5.41 Å². The number of hydrogen-bond acceptors (Lipinski definition) is 3. The summed E-state index contributed by atoms with van der Waals surface area (Å²) in [6.45, 7) is 10.1. The Morgan fingerprint density at radius 2 is 2.05 bits per heavy atom. The summed E-state index contributed by atoms with van der Waals surface area (Å²) in [6.07, 6.45) is 0. The molecule has 108 valence electrons. The summed E-state index contributed by atoms with van der Waals surface area (Å²) in [5.41, 5.74) is 7.16. The first-order valence-corrected chi connectivity index (χ1v) is 7.46.